The van der Waals surface area contributed by atoms with Crippen molar-refractivity contribution in [3.63, 3.8) is 0 Å². The fourth-order valence-electron chi connectivity index (χ4n) is 1.88. The summed E-state index contributed by atoms with van der Waals surface area (Å²) >= 11 is 0. The van der Waals surface area contributed by atoms with Crippen molar-refractivity contribution in [1.82, 2.24) is 10.3 Å². The summed E-state index contributed by atoms with van der Waals surface area (Å²) in [6.45, 7) is 4.01. The van der Waals surface area contributed by atoms with Gasteiger partial charge in [0.15, 0.2) is 0 Å². The lowest BCUT2D eigenvalue weighted by atomic mass is 10.1. The van der Waals surface area contributed by atoms with Crippen molar-refractivity contribution in [3.8, 4) is 0 Å². The molecule has 0 spiro atoms. The standard InChI is InChI=1S/C15H20N2O2/c1-2-3-9-19-10-8-17-15(18)13-4-5-14-12(11-13)6-7-16-14/h4-7,11,16H,2-3,8-10H2,1H3,(H,17,18). The maximum atomic E-state index is 11.9. The lowest BCUT2D eigenvalue weighted by Gasteiger charge is -2.06. The minimum Gasteiger partial charge on any atom is -0.380 e. The third kappa shape index (κ3) is 3.83. The SMILES string of the molecule is CCCCOCCNC(=O)c1ccc2[nH]ccc2c1. The Labute approximate surface area is 113 Å². The van der Waals surface area contributed by atoms with Gasteiger partial charge in [-0.25, -0.2) is 0 Å². The molecule has 102 valence electrons. The highest BCUT2D eigenvalue weighted by Crippen LogP contribution is 2.13. The average Bonchev–Trinajstić information content (AvgIpc) is 2.89. The van der Waals surface area contributed by atoms with Gasteiger partial charge in [0, 0.05) is 35.8 Å². The van der Waals surface area contributed by atoms with Gasteiger partial charge in [-0.3, -0.25) is 4.79 Å². The van der Waals surface area contributed by atoms with E-state index in [1.807, 2.05) is 30.5 Å². The number of carbonyl (C=O) groups excluding carboxylic acids is 1. The van der Waals surface area contributed by atoms with Crippen molar-refractivity contribution < 1.29 is 9.53 Å². The Hall–Kier alpha value is -1.81. The van der Waals surface area contributed by atoms with Crippen LogP contribution in [-0.4, -0.2) is 30.6 Å². The van der Waals surface area contributed by atoms with Crippen molar-refractivity contribution in [3.05, 3.63) is 36.0 Å². The second-order valence-electron chi connectivity index (χ2n) is 4.50. The molecule has 0 saturated carbocycles. The van der Waals surface area contributed by atoms with Gasteiger partial charge >= 0.3 is 0 Å². The van der Waals surface area contributed by atoms with Crippen LogP contribution in [0.4, 0.5) is 0 Å². The molecule has 0 bridgehead atoms. The van der Waals surface area contributed by atoms with Crippen LogP contribution in [0.15, 0.2) is 30.5 Å². The Kier molecular flexibility index (Phi) is 4.98. The van der Waals surface area contributed by atoms with Gasteiger partial charge in [0.1, 0.15) is 0 Å². The van der Waals surface area contributed by atoms with Crippen molar-refractivity contribution in [2.45, 2.75) is 19.8 Å². The lowest BCUT2D eigenvalue weighted by molar-refractivity contribution is 0.0913. The van der Waals surface area contributed by atoms with Crippen molar-refractivity contribution in [2.75, 3.05) is 19.8 Å². The number of H-pyrrole nitrogens is 1. The topological polar surface area (TPSA) is 54.1 Å². The molecule has 0 unspecified atom stereocenters. The smallest absolute Gasteiger partial charge is 0.251 e. The molecule has 0 saturated heterocycles. The van der Waals surface area contributed by atoms with Crippen LogP contribution in [0, 0.1) is 0 Å². The predicted molar refractivity (Wildman–Crippen MR) is 76.4 cm³/mol. The second-order valence-corrected chi connectivity index (χ2v) is 4.50. The van der Waals surface area contributed by atoms with E-state index in [2.05, 4.69) is 17.2 Å². The highest BCUT2D eigenvalue weighted by molar-refractivity contribution is 5.98. The average molecular weight is 260 g/mol. The third-order valence-corrected chi connectivity index (χ3v) is 2.99. The molecule has 2 rings (SSSR count). The van der Waals surface area contributed by atoms with Crippen LogP contribution >= 0.6 is 0 Å². The highest BCUT2D eigenvalue weighted by Gasteiger charge is 2.05. The quantitative estimate of drug-likeness (QED) is 0.752. The van der Waals surface area contributed by atoms with Crippen molar-refractivity contribution >= 4 is 16.8 Å². The minimum atomic E-state index is -0.0535. The first-order valence-electron chi connectivity index (χ1n) is 6.74. The number of rotatable bonds is 7. The second kappa shape index (κ2) is 6.95. The first kappa shape index (κ1) is 13.6. The maximum Gasteiger partial charge on any atom is 0.251 e. The Bertz CT molecular complexity index is 534. The van der Waals surface area contributed by atoms with Gasteiger partial charge in [-0.15, -0.1) is 0 Å². The van der Waals surface area contributed by atoms with Crippen LogP contribution in [0.2, 0.25) is 0 Å². The van der Waals surface area contributed by atoms with E-state index in [1.54, 1.807) is 0 Å². The summed E-state index contributed by atoms with van der Waals surface area (Å²) in [4.78, 5) is 15.0. The Morgan fingerprint density at radius 2 is 2.21 bits per heavy atom. The Balaban J connectivity index is 1.79. The van der Waals surface area contributed by atoms with Crippen LogP contribution < -0.4 is 5.32 Å². The molecule has 0 atom stereocenters. The molecule has 4 nitrogen and oxygen atoms in total. The Morgan fingerprint density at radius 3 is 3.05 bits per heavy atom. The minimum absolute atomic E-state index is 0.0535. The summed E-state index contributed by atoms with van der Waals surface area (Å²) in [7, 11) is 0. The van der Waals surface area contributed by atoms with E-state index >= 15 is 0 Å². The van der Waals surface area contributed by atoms with E-state index in [-0.39, 0.29) is 5.91 Å². The molecule has 1 amide bonds. The van der Waals surface area contributed by atoms with E-state index in [9.17, 15) is 4.79 Å². The van der Waals surface area contributed by atoms with Gasteiger partial charge in [-0.2, -0.15) is 0 Å². The number of fused-ring (bicyclic) bond motifs is 1. The molecule has 0 aliphatic rings. The molecular weight excluding hydrogens is 240 g/mol. The number of nitrogens with one attached hydrogen (secondary N) is 2. The molecule has 4 heteroatoms. The zero-order valence-corrected chi connectivity index (χ0v) is 11.2. The van der Waals surface area contributed by atoms with E-state index in [1.165, 1.54) is 0 Å². The molecule has 0 fully saturated rings. The first-order chi connectivity index (χ1) is 9.31. The highest BCUT2D eigenvalue weighted by atomic mass is 16.5. The number of hydrogen-bond donors (Lipinski definition) is 2. The van der Waals surface area contributed by atoms with Crippen molar-refractivity contribution in [1.29, 1.82) is 0 Å². The van der Waals surface area contributed by atoms with E-state index < -0.39 is 0 Å². The number of unbranched alkanes of at least 4 members (excludes halogenated alkanes) is 1. The fraction of sp³-hybridized carbons (Fsp3) is 0.400. The van der Waals surface area contributed by atoms with E-state index in [0.29, 0.717) is 18.7 Å². The molecule has 2 aromatic rings. The number of aromatic nitrogens is 1. The molecule has 0 aliphatic carbocycles. The van der Waals surface area contributed by atoms with Gasteiger partial charge in [0.25, 0.3) is 5.91 Å². The molecule has 1 heterocycles. The number of ether oxygens (including phenoxy) is 1. The van der Waals surface area contributed by atoms with Gasteiger partial charge < -0.3 is 15.0 Å². The van der Waals surface area contributed by atoms with Crippen LogP contribution in [0.25, 0.3) is 10.9 Å². The summed E-state index contributed by atoms with van der Waals surface area (Å²) in [5.74, 6) is -0.0535. The van der Waals surface area contributed by atoms with Crippen molar-refractivity contribution in [2.24, 2.45) is 0 Å². The van der Waals surface area contributed by atoms with E-state index in [0.717, 1.165) is 30.4 Å². The van der Waals surface area contributed by atoms with Gasteiger partial charge in [-0.1, -0.05) is 13.3 Å². The first-order valence-corrected chi connectivity index (χ1v) is 6.74. The molecule has 1 aromatic carbocycles. The fourth-order valence-corrected chi connectivity index (χ4v) is 1.88. The van der Waals surface area contributed by atoms with Gasteiger partial charge in [-0.05, 0) is 30.7 Å². The molecule has 0 aliphatic heterocycles. The molecule has 2 N–H and O–H groups in total. The van der Waals surface area contributed by atoms with Crippen LogP contribution in [-0.2, 0) is 4.74 Å². The molecular formula is C15H20N2O2. The lowest BCUT2D eigenvalue weighted by Crippen LogP contribution is -2.27. The maximum absolute atomic E-state index is 11.9. The molecule has 1 aromatic heterocycles. The molecule has 19 heavy (non-hydrogen) atoms. The Morgan fingerprint density at radius 1 is 1.32 bits per heavy atom. The molecule has 0 radical (unpaired) electrons. The van der Waals surface area contributed by atoms with Crippen LogP contribution in [0.1, 0.15) is 30.1 Å². The van der Waals surface area contributed by atoms with Crippen LogP contribution in [0.5, 0.6) is 0 Å². The summed E-state index contributed by atoms with van der Waals surface area (Å²) in [5.41, 5.74) is 1.72. The summed E-state index contributed by atoms with van der Waals surface area (Å²) in [6, 6.07) is 7.59. The third-order valence-electron chi connectivity index (χ3n) is 2.99. The summed E-state index contributed by atoms with van der Waals surface area (Å²) in [5, 5.41) is 3.91. The van der Waals surface area contributed by atoms with E-state index in [4.69, 9.17) is 4.74 Å². The predicted octanol–water partition coefficient (Wildman–Crippen LogP) is 2.71. The van der Waals surface area contributed by atoms with Gasteiger partial charge in [0.05, 0.1) is 6.61 Å². The zero-order chi connectivity index (χ0) is 13.5. The number of hydrogen-bond acceptors (Lipinski definition) is 2. The number of aromatic amines is 1. The number of amides is 1. The monoisotopic (exact) mass is 260 g/mol. The number of benzene rings is 1. The zero-order valence-electron chi connectivity index (χ0n) is 11.2. The van der Waals surface area contributed by atoms with Crippen LogP contribution in [0.3, 0.4) is 0 Å². The van der Waals surface area contributed by atoms with Gasteiger partial charge in [0.2, 0.25) is 0 Å². The largest absolute Gasteiger partial charge is 0.380 e. The summed E-state index contributed by atoms with van der Waals surface area (Å²) < 4.78 is 5.40. The number of carbonyl (C=O) groups is 1. The normalized spacial score (nSPS) is 10.8. The summed E-state index contributed by atoms with van der Waals surface area (Å²) in [6.07, 6.45) is 4.06.